The van der Waals surface area contributed by atoms with E-state index in [-0.39, 0.29) is 16.5 Å². The van der Waals surface area contributed by atoms with Crippen molar-refractivity contribution in [3.63, 3.8) is 0 Å². The molecule has 0 aliphatic heterocycles. The van der Waals surface area contributed by atoms with E-state index in [0.29, 0.717) is 0 Å². The number of rotatable bonds is 4. The zero-order valence-electron chi connectivity index (χ0n) is 10.2. The van der Waals surface area contributed by atoms with Crippen molar-refractivity contribution in [1.29, 1.82) is 0 Å². The van der Waals surface area contributed by atoms with Crippen LogP contribution in [0.3, 0.4) is 0 Å². The summed E-state index contributed by atoms with van der Waals surface area (Å²) >= 11 is 5.71. The molecule has 6 heteroatoms. The third kappa shape index (κ3) is 2.71. The number of halogens is 2. The summed E-state index contributed by atoms with van der Waals surface area (Å²) in [4.78, 5) is 23.3. The van der Waals surface area contributed by atoms with Gasteiger partial charge in [-0.15, -0.1) is 0 Å². The summed E-state index contributed by atoms with van der Waals surface area (Å²) in [6.07, 6.45) is 1.47. The molecule has 2 N–H and O–H groups in total. The van der Waals surface area contributed by atoms with E-state index in [1.165, 1.54) is 19.1 Å². The van der Waals surface area contributed by atoms with Gasteiger partial charge in [-0.25, -0.2) is 9.18 Å². The van der Waals surface area contributed by atoms with Crippen LogP contribution in [0.5, 0.6) is 0 Å². The molecule has 0 saturated heterocycles. The van der Waals surface area contributed by atoms with Crippen molar-refractivity contribution in [2.24, 2.45) is 5.92 Å². The van der Waals surface area contributed by atoms with Crippen molar-refractivity contribution in [2.75, 3.05) is 0 Å². The molecule has 1 atom stereocenters. The average molecular weight is 286 g/mol. The van der Waals surface area contributed by atoms with E-state index in [1.807, 2.05) is 0 Å². The highest BCUT2D eigenvalue weighted by Crippen LogP contribution is 2.40. The number of hydrogen-bond acceptors (Lipinski definition) is 2. The normalized spacial score (nSPS) is 17.6. The number of hydrogen-bond donors (Lipinski definition) is 2. The van der Waals surface area contributed by atoms with E-state index in [4.69, 9.17) is 11.6 Å². The van der Waals surface area contributed by atoms with E-state index in [0.717, 1.165) is 18.9 Å². The second kappa shape index (κ2) is 4.81. The summed E-state index contributed by atoms with van der Waals surface area (Å²) in [7, 11) is 0. The van der Waals surface area contributed by atoms with Crippen LogP contribution in [0.2, 0.25) is 5.02 Å². The summed E-state index contributed by atoms with van der Waals surface area (Å²) in [5.74, 6) is -2.73. The van der Waals surface area contributed by atoms with Gasteiger partial charge in [-0.3, -0.25) is 4.79 Å². The molecular formula is C13H13ClFNO3. The van der Waals surface area contributed by atoms with Gasteiger partial charge in [0.25, 0.3) is 5.91 Å². The Kier molecular flexibility index (Phi) is 3.49. The van der Waals surface area contributed by atoms with Gasteiger partial charge in [0.1, 0.15) is 11.4 Å². The maximum absolute atomic E-state index is 13.5. The third-order valence-electron chi connectivity index (χ3n) is 3.38. The summed E-state index contributed by atoms with van der Waals surface area (Å²) < 4.78 is 13.5. The van der Waals surface area contributed by atoms with Crippen LogP contribution in [0.4, 0.5) is 4.39 Å². The number of carboxylic acids is 1. The summed E-state index contributed by atoms with van der Waals surface area (Å²) in [5.41, 5.74) is -1.62. The zero-order chi connectivity index (χ0) is 14.2. The number of aliphatic carboxylic acids is 1. The lowest BCUT2D eigenvalue weighted by atomic mass is 9.95. The van der Waals surface area contributed by atoms with Crippen LogP contribution in [0.1, 0.15) is 30.1 Å². The third-order valence-corrected chi connectivity index (χ3v) is 3.62. The molecule has 0 bridgehead atoms. The SMILES string of the molecule is CC(NC(=O)c1cc(Cl)ccc1F)(C(=O)O)C1CC1. The molecule has 0 aromatic heterocycles. The van der Waals surface area contributed by atoms with Gasteiger partial charge in [-0.05, 0) is 43.9 Å². The Balaban J connectivity index is 2.25. The number of carbonyl (C=O) groups excluding carboxylic acids is 1. The van der Waals surface area contributed by atoms with Crippen LogP contribution in [-0.4, -0.2) is 22.5 Å². The van der Waals surface area contributed by atoms with E-state index < -0.39 is 23.2 Å². The molecule has 4 nitrogen and oxygen atoms in total. The van der Waals surface area contributed by atoms with Crippen LogP contribution in [0.25, 0.3) is 0 Å². The Morgan fingerprint density at radius 2 is 2.11 bits per heavy atom. The van der Waals surface area contributed by atoms with Gasteiger partial charge < -0.3 is 10.4 Å². The highest BCUT2D eigenvalue weighted by atomic mass is 35.5. The molecule has 1 aliphatic rings. The van der Waals surface area contributed by atoms with Gasteiger partial charge in [-0.1, -0.05) is 11.6 Å². The predicted octanol–water partition coefficient (Wildman–Crippen LogP) is 2.46. The standard InChI is InChI=1S/C13H13ClFNO3/c1-13(12(18)19,7-2-3-7)16-11(17)9-6-8(14)4-5-10(9)15/h4-7H,2-3H2,1H3,(H,16,17)(H,18,19). The molecule has 1 unspecified atom stereocenters. The van der Waals surface area contributed by atoms with Crippen LogP contribution >= 0.6 is 11.6 Å². The second-order valence-corrected chi connectivity index (χ2v) is 5.30. The van der Waals surface area contributed by atoms with Crippen LogP contribution in [0, 0.1) is 11.7 Å². The molecule has 1 saturated carbocycles. The number of carboxylic acid groups (broad SMARTS) is 1. The fraction of sp³-hybridized carbons (Fsp3) is 0.385. The average Bonchev–Trinajstić information content (AvgIpc) is 3.16. The first-order valence-corrected chi connectivity index (χ1v) is 6.23. The zero-order valence-corrected chi connectivity index (χ0v) is 11.0. The Hall–Kier alpha value is -1.62. The lowest BCUT2D eigenvalue weighted by Gasteiger charge is -2.26. The van der Waals surface area contributed by atoms with Crippen LogP contribution in [0.15, 0.2) is 18.2 Å². The molecule has 1 aromatic rings. The van der Waals surface area contributed by atoms with Crippen molar-refractivity contribution < 1.29 is 19.1 Å². The first-order valence-electron chi connectivity index (χ1n) is 5.85. The molecule has 0 heterocycles. The molecule has 102 valence electrons. The monoisotopic (exact) mass is 285 g/mol. The minimum absolute atomic E-state index is 0.115. The molecule has 19 heavy (non-hydrogen) atoms. The second-order valence-electron chi connectivity index (χ2n) is 4.86. The lowest BCUT2D eigenvalue weighted by molar-refractivity contribution is -0.144. The molecule has 1 amide bonds. The summed E-state index contributed by atoms with van der Waals surface area (Å²) in [5, 5.41) is 11.8. The van der Waals surface area contributed by atoms with Gasteiger partial charge in [0.15, 0.2) is 0 Å². The Morgan fingerprint density at radius 1 is 1.47 bits per heavy atom. The van der Waals surface area contributed by atoms with Gasteiger partial charge in [0.2, 0.25) is 0 Å². The Labute approximate surface area is 114 Å². The highest BCUT2D eigenvalue weighted by Gasteiger charge is 2.48. The number of benzene rings is 1. The number of amides is 1. The fourth-order valence-corrected chi connectivity index (χ4v) is 2.14. The van der Waals surface area contributed by atoms with E-state index >= 15 is 0 Å². The molecule has 1 aromatic carbocycles. The number of nitrogens with one attached hydrogen (secondary N) is 1. The molecular weight excluding hydrogens is 273 g/mol. The van der Waals surface area contributed by atoms with Crippen LogP contribution in [-0.2, 0) is 4.79 Å². The predicted molar refractivity (Wildman–Crippen MR) is 67.6 cm³/mol. The Morgan fingerprint density at radius 3 is 2.63 bits per heavy atom. The van der Waals surface area contributed by atoms with Gasteiger partial charge in [-0.2, -0.15) is 0 Å². The molecule has 0 spiro atoms. The molecule has 0 radical (unpaired) electrons. The van der Waals surface area contributed by atoms with E-state index in [1.54, 1.807) is 0 Å². The molecule has 1 fully saturated rings. The minimum Gasteiger partial charge on any atom is -0.480 e. The van der Waals surface area contributed by atoms with Gasteiger partial charge in [0.05, 0.1) is 5.56 Å². The van der Waals surface area contributed by atoms with Crippen molar-refractivity contribution in [3.8, 4) is 0 Å². The van der Waals surface area contributed by atoms with E-state index in [2.05, 4.69) is 5.32 Å². The van der Waals surface area contributed by atoms with Crippen LogP contribution < -0.4 is 5.32 Å². The number of carbonyl (C=O) groups is 2. The van der Waals surface area contributed by atoms with Crippen molar-refractivity contribution >= 4 is 23.5 Å². The molecule has 1 aliphatic carbocycles. The topological polar surface area (TPSA) is 66.4 Å². The largest absolute Gasteiger partial charge is 0.480 e. The minimum atomic E-state index is -1.37. The summed E-state index contributed by atoms with van der Waals surface area (Å²) in [6, 6.07) is 3.58. The highest BCUT2D eigenvalue weighted by molar-refractivity contribution is 6.31. The molecule has 2 rings (SSSR count). The Bertz CT molecular complexity index is 545. The maximum atomic E-state index is 13.5. The first kappa shape index (κ1) is 13.8. The fourth-order valence-electron chi connectivity index (χ4n) is 1.97. The first-order chi connectivity index (χ1) is 8.84. The van der Waals surface area contributed by atoms with Gasteiger partial charge in [0, 0.05) is 5.02 Å². The van der Waals surface area contributed by atoms with E-state index in [9.17, 15) is 19.1 Å². The maximum Gasteiger partial charge on any atom is 0.329 e. The van der Waals surface area contributed by atoms with Gasteiger partial charge >= 0.3 is 5.97 Å². The van der Waals surface area contributed by atoms with Crippen molar-refractivity contribution in [3.05, 3.63) is 34.6 Å². The lowest BCUT2D eigenvalue weighted by Crippen LogP contribution is -2.54. The van der Waals surface area contributed by atoms with Crippen molar-refractivity contribution in [2.45, 2.75) is 25.3 Å². The summed E-state index contributed by atoms with van der Waals surface area (Å²) in [6.45, 7) is 1.44. The quantitative estimate of drug-likeness (QED) is 0.893. The van der Waals surface area contributed by atoms with Crippen molar-refractivity contribution in [1.82, 2.24) is 5.32 Å². The smallest absolute Gasteiger partial charge is 0.329 e.